The van der Waals surface area contributed by atoms with E-state index >= 15 is 0 Å². The second-order valence-corrected chi connectivity index (χ2v) is 4.88. The van der Waals surface area contributed by atoms with Crippen LogP contribution in [0.3, 0.4) is 0 Å². The van der Waals surface area contributed by atoms with Crippen molar-refractivity contribution in [3.63, 3.8) is 0 Å². The monoisotopic (exact) mass is 236 g/mol. The van der Waals surface area contributed by atoms with Crippen molar-refractivity contribution in [3.8, 4) is 0 Å². The van der Waals surface area contributed by atoms with Gasteiger partial charge in [-0.05, 0) is 13.0 Å². The van der Waals surface area contributed by atoms with Gasteiger partial charge in [0.2, 0.25) is 0 Å². The predicted octanol–water partition coefficient (Wildman–Crippen LogP) is -0.632. The zero-order valence-corrected chi connectivity index (χ0v) is 10.1. The van der Waals surface area contributed by atoms with Gasteiger partial charge >= 0.3 is 0 Å². The Balaban J connectivity index is 1.69. The lowest BCUT2D eigenvalue weighted by Crippen LogP contribution is -2.57. The first kappa shape index (κ1) is 11.1. The maximum atomic E-state index is 5.50. The number of rotatable bonds is 4. The van der Waals surface area contributed by atoms with Crippen molar-refractivity contribution in [2.24, 2.45) is 5.73 Å². The third kappa shape index (κ3) is 2.20. The van der Waals surface area contributed by atoms with Gasteiger partial charge in [0.05, 0.1) is 6.04 Å². The number of nitrogens with one attached hydrogen (secondary N) is 1. The normalized spacial score (nSPS) is 31.9. The van der Waals surface area contributed by atoms with Gasteiger partial charge < -0.3 is 5.73 Å². The quantitative estimate of drug-likeness (QED) is 0.728. The van der Waals surface area contributed by atoms with E-state index in [1.54, 1.807) is 0 Å². The molecule has 1 aromatic rings. The number of nitrogens with two attached hydrogens (primary N) is 1. The molecule has 6 heteroatoms. The molecule has 4 rings (SSSR count). The highest BCUT2D eigenvalue weighted by atomic mass is 15.4. The zero-order chi connectivity index (χ0) is 11.7. The second kappa shape index (κ2) is 4.72. The van der Waals surface area contributed by atoms with Crippen LogP contribution in [0.2, 0.25) is 0 Å². The molecule has 3 saturated heterocycles. The third-order valence-corrected chi connectivity index (χ3v) is 3.74. The number of fused-ring (bicyclic) bond motifs is 3. The topological polar surface area (TPSA) is 74.1 Å². The molecule has 3 aliphatic rings. The molecule has 17 heavy (non-hydrogen) atoms. The highest BCUT2D eigenvalue weighted by Gasteiger charge is 2.34. The van der Waals surface area contributed by atoms with Gasteiger partial charge in [0.15, 0.2) is 5.82 Å². The largest absolute Gasteiger partial charge is 0.330 e. The Morgan fingerprint density at radius 3 is 2.76 bits per heavy atom. The summed E-state index contributed by atoms with van der Waals surface area (Å²) in [5.74, 6) is 1.93. The summed E-state index contributed by atoms with van der Waals surface area (Å²) in [6, 6.07) is 0.389. The van der Waals surface area contributed by atoms with Gasteiger partial charge in [-0.25, -0.2) is 4.98 Å². The van der Waals surface area contributed by atoms with Crippen LogP contribution in [-0.2, 0) is 6.42 Å². The predicted molar refractivity (Wildman–Crippen MR) is 64.5 cm³/mol. The fraction of sp³-hybridized carbons (Fsp3) is 0.818. The highest BCUT2D eigenvalue weighted by molar-refractivity contribution is 5.03. The molecule has 0 amide bonds. The van der Waals surface area contributed by atoms with E-state index in [-0.39, 0.29) is 0 Å². The Labute approximate surface area is 101 Å². The molecule has 3 aliphatic heterocycles. The van der Waals surface area contributed by atoms with Gasteiger partial charge in [-0.15, -0.1) is 0 Å². The van der Waals surface area contributed by atoms with Crippen LogP contribution in [0, 0.1) is 0 Å². The number of nitrogens with zero attached hydrogens (tertiary/aromatic N) is 4. The number of aromatic amines is 1. The molecule has 1 aromatic heterocycles. The maximum absolute atomic E-state index is 5.50. The van der Waals surface area contributed by atoms with E-state index in [4.69, 9.17) is 5.73 Å². The summed E-state index contributed by atoms with van der Waals surface area (Å²) >= 11 is 0. The van der Waals surface area contributed by atoms with Crippen LogP contribution in [0.4, 0.5) is 0 Å². The Kier molecular flexibility index (Phi) is 3.09. The van der Waals surface area contributed by atoms with Crippen LogP contribution >= 0.6 is 0 Å². The van der Waals surface area contributed by atoms with Gasteiger partial charge in [0.25, 0.3) is 0 Å². The van der Waals surface area contributed by atoms with Crippen molar-refractivity contribution < 1.29 is 0 Å². The highest BCUT2D eigenvalue weighted by Crippen LogP contribution is 2.26. The standard InChI is InChI=1S/C11H20N6/c12-3-1-2-10-13-11(15-14-10)9-8-16-4-6-17(9)7-5-16/h9H,1-8,12H2,(H,13,14,15). The van der Waals surface area contributed by atoms with E-state index in [2.05, 4.69) is 25.0 Å². The van der Waals surface area contributed by atoms with Crippen molar-refractivity contribution in [1.82, 2.24) is 25.0 Å². The van der Waals surface area contributed by atoms with Gasteiger partial charge in [-0.3, -0.25) is 14.9 Å². The lowest BCUT2D eigenvalue weighted by Gasteiger charge is -2.46. The van der Waals surface area contributed by atoms with Crippen molar-refractivity contribution in [2.75, 3.05) is 39.3 Å². The Bertz CT molecular complexity index is 368. The van der Waals surface area contributed by atoms with Gasteiger partial charge in [0.1, 0.15) is 5.82 Å². The fourth-order valence-electron chi connectivity index (χ4n) is 2.70. The van der Waals surface area contributed by atoms with Crippen LogP contribution in [0.25, 0.3) is 0 Å². The van der Waals surface area contributed by atoms with E-state index in [0.29, 0.717) is 12.6 Å². The molecular weight excluding hydrogens is 216 g/mol. The lowest BCUT2D eigenvalue weighted by atomic mass is 10.1. The molecule has 0 spiro atoms. The fourth-order valence-corrected chi connectivity index (χ4v) is 2.70. The minimum absolute atomic E-state index is 0.389. The zero-order valence-electron chi connectivity index (χ0n) is 10.1. The molecule has 1 unspecified atom stereocenters. The second-order valence-electron chi connectivity index (χ2n) is 4.88. The number of H-pyrrole nitrogens is 1. The summed E-state index contributed by atoms with van der Waals surface area (Å²) < 4.78 is 0. The third-order valence-electron chi connectivity index (χ3n) is 3.74. The van der Waals surface area contributed by atoms with E-state index in [1.165, 1.54) is 13.1 Å². The van der Waals surface area contributed by atoms with Gasteiger partial charge in [-0.2, -0.15) is 5.10 Å². The average molecular weight is 236 g/mol. The molecular formula is C11H20N6. The summed E-state index contributed by atoms with van der Waals surface area (Å²) in [5, 5.41) is 7.40. The number of hydrogen-bond donors (Lipinski definition) is 2. The molecule has 94 valence electrons. The van der Waals surface area contributed by atoms with E-state index < -0.39 is 0 Å². The Hall–Kier alpha value is -0.980. The number of piperazine rings is 3. The van der Waals surface area contributed by atoms with Crippen molar-refractivity contribution in [2.45, 2.75) is 18.9 Å². The molecule has 6 nitrogen and oxygen atoms in total. The summed E-state index contributed by atoms with van der Waals surface area (Å²) in [7, 11) is 0. The molecule has 0 saturated carbocycles. The molecule has 3 fully saturated rings. The summed E-state index contributed by atoms with van der Waals surface area (Å²) in [6.45, 7) is 6.48. The SMILES string of the molecule is NCCCc1nc(C2CN3CCN2CC3)n[nH]1. The minimum atomic E-state index is 0.389. The Morgan fingerprint density at radius 1 is 1.29 bits per heavy atom. The molecule has 2 bridgehead atoms. The maximum Gasteiger partial charge on any atom is 0.169 e. The average Bonchev–Trinajstić information content (AvgIpc) is 2.86. The van der Waals surface area contributed by atoms with Crippen LogP contribution in [-0.4, -0.2) is 64.2 Å². The van der Waals surface area contributed by atoms with E-state index in [9.17, 15) is 0 Å². The van der Waals surface area contributed by atoms with Crippen molar-refractivity contribution >= 4 is 0 Å². The van der Waals surface area contributed by atoms with Crippen LogP contribution in [0.5, 0.6) is 0 Å². The summed E-state index contributed by atoms with van der Waals surface area (Å²) in [6.07, 6.45) is 1.87. The molecule has 3 N–H and O–H groups in total. The van der Waals surface area contributed by atoms with E-state index in [0.717, 1.165) is 44.1 Å². The number of aryl methyl sites for hydroxylation is 1. The Morgan fingerprint density at radius 2 is 2.12 bits per heavy atom. The minimum Gasteiger partial charge on any atom is -0.330 e. The van der Waals surface area contributed by atoms with E-state index in [1.807, 2.05) is 0 Å². The molecule has 4 heterocycles. The van der Waals surface area contributed by atoms with Crippen molar-refractivity contribution in [1.29, 1.82) is 0 Å². The molecule has 1 atom stereocenters. The molecule has 0 radical (unpaired) electrons. The van der Waals surface area contributed by atoms with Gasteiger partial charge in [-0.1, -0.05) is 0 Å². The smallest absolute Gasteiger partial charge is 0.169 e. The first-order chi connectivity index (χ1) is 8.36. The van der Waals surface area contributed by atoms with Gasteiger partial charge in [0, 0.05) is 39.1 Å². The lowest BCUT2D eigenvalue weighted by molar-refractivity contribution is 0.00877. The summed E-state index contributed by atoms with van der Waals surface area (Å²) in [5.41, 5.74) is 5.50. The van der Waals surface area contributed by atoms with Crippen LogP contribution < -0.4 is 5.73 Å². The van der Waals surface area contributed by atoms with Crippen molar-refractivity contribution in [3.05, 3.63) is 11.6 Å². The summed E-state index contributed by atoms with van der Waals surface area (Å²) in [4.78, 5) is 9.60. The molecule has 0 aromatic carbocycles. The number of aromatic nitrogens is 3. The number of hydrogen-bond acceptors (Lipinski definition) is 5. The van der Waals surface area contributed by atoms with Crippen LogP contribution in [0.1, 0.15) is 24.1 Å². The first-order valence-corrected chi connectivity index (χ1v) is 6.44. The molecule has 0 aliphatic carbocycles. The van der Waals surface area contributed by atoms with Crippen LogP contribution in [0.15, 0.2) is 0 Å². The first-order valence-electron chi connectivity index (χ1n) is 6.44.